The molecule has 1 saturated heterocycles. The monoisotopic (exact) mass is 236 g/mol. The molecule has 2 aliphatic rings. The van der Waals surface area contributed by atoms with Gasteiger partial charge in [0.2, 0.25) is 0 Å². The molecule has 0 radical (unpaired) electrons. The first-order valence-corrected chi connectivity index (χ1v) is 5.97. The topological polar surface area (TPSA) is 15.3 Å². The minimum absolute atomic E-state index is 0.0281. The third-order valence-corrected chi connectivity index (χ3v) is 3.89. The number of nitrogens with zero attached hydrogens (tertiary/aromatic N) is 1. The zero-order valence-corrected chi connectivity index (χ0v) is 9.77. The van der Waals surface area contributed by atoms with Crippen molar-refractivity contribution in [1.82, 2.24) is 10.2 Å². The van der Waals surface area contributed by atoms with E-state index in [1.54, 1.807) is 4.90 Å². The summed E-state index contributed by atoms with van der Waals surface area (Å²) in [6.07, 6.45) is -2.74. The maximum atomic E-state index is 13.1. The number of hydrogen-bond donors (Lipinski definition) is 1. The first-order valence-electron chi connectivity index (χ1n) is 5.97. The van der Waals surface area contributed by atoms with Crippen LogP contribution in [-0.4, -0.2) is 41.8 Å². The molecule has 2 unspecified atom stereocenters. The molecular formula is C11H19F3N2. The van der Waals surface area contributed by atoms with Gasteiger partial charge in [0.25, 0.3) is 0 Å². The van der Waals surface area contributed by atoms with Crippen LogP contribution in [0.25, 0.3) is 0 Å². The van der Waals surface area contributed by atoms with Gasteiger partial charge in [-0.15, -0.1) is 0 Å². The SMILES string of the molecule is CCC1CNC(C)CN1C1(C(F)(F)F)CC1. The Morgan fingerprint density at radius 2 is 2.00 bits per heavy atom. The van der Waals surface area contributed by atoms with Crippen molar-refractivity contribution in [2.24, 2.45) is 0 Å². The zero-order chi connectivity index (χ0) is 12.0. The van der Waals surface area contributed by atoms with Crippen LogP contribution in [0.5, 0.6) is 0 Å². The lowest BCUT2D eigenvalue weighted by atomic mass is 10.0. The summed E-state index contributed by atoms with van der Waals surface area (Å²) in [5.41, 5.74) is -1.50. The molecule has 0 aromatic heterocycles. The number of hydrogen-bond acceptors (Lipinski definition) is 2. The van der Waals surface area contributed by atoms with E-state index in [0.717, 1.165) is 6.42 Å². The average Bonchev–Trinajstić information content (AvgIpc) is 2.97. The van der Waals surface area contributed by atoms with Crippen LogP contribution in [0.3, 0.4) is 0 Å². The predicted molar refractivity (Wildman–Crippen MR) is 56.3 cm³/mol. The van der Waals surface area contributed by atoms with Crippen molar-refractivity contribution in [3.05, 3.63) is 0 Å². The van der Waals surface area contributed by atoms with E-state index in [1.807, 2.05) is 13.8 Å². The van der Waals surface area contributed by atoms with Crippen molar-refractivity contribution >= 4 is 0 Å². The molecule has 1 heterocycles. The fourth-order valence-electron chi connectivity index (χ4n) is 2.70. The van der Waals surface area contributed by atoms with Crippen molar-refractivity contribution in [3.8, 4) is 0 Å². The third kappa shape index (κ3) is 1.84. The van der Waals surface area contributed by atoms with Crippen LogP contribution in [0.2, 0.25) is 0 Å². The summed E-state index contributed by atoms with van der Waals surface area (Å²) in [4.78, 5) is 1.70. The molecule has 1 aliphatic carbocycles. The van der Waals surface area contributed by atoms with Gasteiger partial charge >= 0.3 is 6.18 Å². The lowest BCUT2D eigenvalue weighted by Crippen LogP contribution is -2.63. The van der Waals surface area contributed by atoms with Crippen LogP contribution >= 0.6 is 0 Å². The molecule has 2 nitrogen and oxygen atoms in total. The Labute approximate surface area is 94.2 Å². The van der Waals surface area contributed by atoms with E-state index >= 15 is 0 Å². The highest BCUT2D eigenvalue weighted by atomic mass is 19.4. The van der Waals surface area contributed by atoms with Gasteiger partial charge in [0, 0.05) is 25.2 Å². The first kappa shape index (κ1) is 12.2. The Hall–Kier alpha value is -0.290. The molecule has 0 spiro atoms. The number of alkyl halides is 3. The van der Waals surface area contributed by atoms with E-state index in [4.69, 9.17) is 0 Å². The van der Waals surface area contributed by atoms with E-state index in [-0.39, 0.29) is 24.9 Å². The van der Waals surface area contributed by atoms with E-state index in [9.17, 15) is 13.2 Å². The Morgan fingerprint density at radius 1 is 1.38 bits per heavy atom. The van der Waals surface area contributed by atoms with E-state index < -0.39 is 11.7 Å². The van der Waals surface area contributed by atoms with Crippen LogP contribution < -0.4 is 5.32 Å². The largest absolute Gasteiger partial charge is 0.406 e. The number of nitrogens with one attached hydrogen (secondary N) is 1. The van der Waals surface area contributed by atoms with Crippen molar-refractivity contribution in [2.75, 3.05) is 13.1 Å². The van der Waals surface area contributed by atoms with Gasteiger partial charge in [-0.3, -0.25) is 4.90 Å². The van der Waals surface area contributed by atoms with Crippen molar-refractivity contribution in [3.63, 3.8) is 0 Å². The maximum absolute atomic E-state index is 13.1. The van der Waals surface area contributed by atoms with Crippen molar-refractivity contribution < 1.29 is 13.2 Å². The lowest BCUT2D eigenvalue weighted by Gasteiger charge is -2.44. The highest BCUT2D eigenvalue weighted by molar-refractivity contribution is 5.12. The highest BCUT2D eigenvalue weighted by Crippen LogP contribution is 2.54. The number of halogens is 3. The van der Waals surface area contributed by atoms with Crippen LogP contribution in [0.1, 0.15) is 33.1 Å². The molecule has 0 aromatic carbocycles. The standard InChI is InChI=1S/C11H19F3N2/c1-3-9-6-15-8(2)7-16(9)10(4-5-10)11(12,13)14/h8-9,15H,3-7H2,1-2H3. The second-order valence-corrected chi connectivity index (χ2v) is 5.05. The smallest absolute Gasteiger partial charge is 0.311 e. The molecular weight excluding hydrogens is 217 g/mol. The third-order valence-electron chi connectivity index (χ3n) is 3.89. The molecule has 2 atom stereocenters. The molecule has 1 aliphatic heterocycles. The van der Waals surface area contributed by atoms with E-state index in [2.05, 4.69) is 5.32 Å². The Morgan fingerprint density at radius 3 is 2.44 bits per heavy atom. The first-order chi connectivity index (χ1) is 7.40. The van der Waals surface area contributed by atoms with Crippen LogP contribution in [0.15, 0.2) is 0 Å². The minimum Gasteiger partial charge on any atom is -0.311 e. The van der Waals surface area contributed by atoms with Gasteiger partial charge in [-0.1, -0.05) is 6.92 Å². The molecule has 94 valence electrons. The summed E-state index contributed by atoms with van der Waals surface area (Å²) in [6, 6.07) is 0.183. The molecule has 16 heavy (non-hydrogen) atoms. The second kappa shape index (κ2) is 3.88. The predicted octanol–water partition coefficient (Wildman–Crippen LogP) is 2.15. The van der Waals surface area contributed by atoms with Crippen LogP contribution in [0.4, 0.5) is 13.2 Å². The molecule has 2 fully saturated rings. The summed E-state index contributed by atoms with van der Waals surface area (Å²) in [5.74, 6) is 0. The van der Waals surface area contributed by atoms with Crippen LogP contribution in [0, 0.1) is 0 Å². The Kier molecular flexibility index (Phi) is 2.95. The van der Waals surface area contributed by atoms with Gasteiger partial charge in [0.15, 0.2) is 0 Å². The number of piperazine rings is 1. The van der Waals surface area contributed by atoms with Crippen LogP contribution in [-0.2, 0) is 0 Å². The molecule has 1 N–H and O–H groups in total. The van der Waals surface area contributed by atoms with Gasteiger partial charge in [-0.05, 0) is 26.2 Å². The molecule has 2 rings (SSSR count). The van der Waals surface area contributed by atoms with Gasteiger partial charge in [0.05, 0.1) is 0 Å². The molecule has 0 aromatic rings. The van der Waals surface area contributed by atoms with Gasteiger partial charge in [0.1, 0.15) is 5.54 Å². The quantitative estimate of drug-likeness (QED) is 0.790. The minimum atomic E-state index is -4.07. The molecule has 0 amide bonds. The Balaban J connectivity index is 2.17. The summed E-state index contributed by atoms with van der Waals surface area (Å²) >= 11 is 0. The fraction of sp³-hybridized carbons (Fsp3) is 1.00. The molecule has 0 bridgehead atoms. The molecule has 5 heteroatoms. The maximum Gasteiger partial charge on any atom is 0.406 e. The Bertz CT molecular complexity index is 260. The zero-order valence-electron chi connectivity index (χ0n) is 9.77. The average molecular weight is 236 g/mol. The summed E-state index contributed by atoms with van der Waals surface area (Å²) in [6.45, 7) is 5.10. The summed E-state index contributed by atoms with van der Waals surface area (Å²) < 4.78 is 39.2. The van der Waals surface area contributed by atoms with Gasteiger partial charge in [-0.2, -0.15) is 13.2 Å². The normalized spacial score (nSPS) is 35.1. The lowest BCUT2D eigenvalue weighted by molar-refractivity contribution is -0.206. The summed E-state index contributed by atoms with van der Waals surface area (Å²) in [5, 5.41) is 3.26. The fourth-order valence-corrected chi connectivity index (χ4v) is 2.70. The van der Waals surface area contributed by atoms with E-state index in [1.165, 1.54) is 0 Å². The highest BCUT2D eigenvalue weighted by Gasteiger charge is 2.67. The van der Waals surface area contributed by atoms with E-state index in [0.29, 0.717) is 13.1 Å². The summed E-state index contributed by atoms with van der Waals surface area (Å²) in [7, 11) is 0. The van der Waals surface area contributed by atoms with Crippen molar-refractivity contribution in [1.29, 1.82) is 0 Å². The second-order valence-electron chi connectivity index (χ2n) is 5.05. The van der Waals surface area contributed by atoms with Crippen molar-refractivity contribution in [2.45, 2.75) is 56.9 Å². The molecule has 1 saturated carbocycles. The number of rotatable bonds is 2. The van der Waals surface area contributed by atoms with Gasteiger partial charge in [-0.25, -0.2) is 0 Å². The van der Waals surface area contributed by atoms with Gasteiger partial charge < -0.3 is 5.32 Å².